The van der Waals surface area contributed by atoms with Crippen LogP contribution < -0.4 is 4.90 Å². The second kappa shape index (κ2) is 4.13. The van der Waals surface area contributed by atoms with Gasteiger partial charge in [-0.1, -0.05) is 0 Å². The van der Waals surface area contributed by atoms with Crippen LogP contribution in [0.4, 0.5) is 10.2 Å². The molecule has 1 unspecified atom stereocenters. The average Bonchev–Trinajstić information content (AvgIpc) is 2.66. The monoisotopic (exact) mass is 214 g/mol. The predicted octanol–water partition coefficient (Wildman–Crippen LogP) is 2.43. The first-order valence-electron chi connectivity index (χ1n) is 4.76. The number of nitrogens with zero attached hydrogens (tertiary/aromatic N) is 2. The van der Waals surface area contributed by atoms with Gasteiger partial charge in [0.2, 0.25) is 0 Å². The second-order valence-electron chi connectivity index (χ2n) is 3.45. The Balaban J connectivity index is 2.26. The van der Waals surface area contributed by atoms with E-state index in [4.69, 9.17) is 11.6 Å². The average molecular weight is 215 g/mol. The summed E-state index contributed by atoms with van der Waals surface area (Å²) in [4.78, 5) is 6.01. The number of anilines is 1. The van der Waals surface area contributed by atoms with E-state index in [-0.39, 0.29) is 11.9 Å². The molecular formula is C10H12ClFN2. The molecule has 14 heavy (non-hydrogen) atoms. The summed E-state index contributed by atoms with van der Waals surface area (Å²) in [6, 6.07) is 3.28. The van der Waals surface area contributed by atoms with Gasteiger partial charge in [0.05, 0.1) is 0 Å². The van der Waals surface area contributed by atoms with E-state index in [9.17, 15) is 4.39 Å². The lowest BCUT2D eigenvalue weighted by Gasteiger charge is -2.23. The Labute approximate surface area is 87.7 Å². The lowest BCUT2D eigenvalue weighted by Crippen LogP contribution is -2.31. The van der Waals surface area contributed by atoms with E-state index in [1.165, 1.54) is 6.07 Å². The number of hydrogen-bond acceptors (Lipinski definition) is 2. The van der Waals surface area contributed by atoms with Crippen LogP contribution in [0.5, 0.6) is 0 Å². The molecule has 2 nitrogen and oxygen atoms in total. The third-order valence-corrected chi connectivity index (χ3v) is 2.92. The van der Waals surface area contributed by atoms with E-state index in [0.717, 1.165) is 19.4 Å². The Morgan fingerprint density at radius 3 is 3.21 bits per heavy atom. The third-order valence-electron chi connectivity index (χ3n) is 2.57. The highest BCUT2D eigenvalue weighted by Gasteiger charge is 2.26. The van der Waals surface area contributed by atoms with Crippen molar-refractivity contribution in [3.8, 4) is 0 Å². The van der Waals surface area contributed by atoms with E-state index >= 15 is 0 Å². The van der Waals surface area contributed by atoms with Gasteiger partial charge in [-0.2, -0.15) is 0 Å². The molecule has 4 heteroatoms. The summed E-state index contributed by atoms with van der Waals surface area (Å²) in [5.41, 5.74) is 0. The molecule has 1 aliphatic heterocycles. The van der Waals surface area contributed by atoms with Crippen molar-refractivity contribution in [1.82, 2.24) is 4.98 Å². The number of alkyl halides is 1. The zero-order valence-electron chi connectivity index (χ0n) is 7.79. The lowest BCUT2D eigenvalue weighted by atomic mass is 10.2. The number of halogens is 2. The van der Waals surface area contributed by atoms with Crippen LogP contribution >= 0.6 is 11.6 Å². The number of hydrogen-bond donors (Lipinski definition) is 0. The molecule has 1 saturated heterocycles. The summed E-state index contributed by atoms with van der Waals surface area (Å²) in [6.45, 7) is 0.852. The Morgan fingerprint density at radius 1 is 1.64 bits per heavy atom. The minimum absolute atomic E-state index is 0.237. The van der Waals surface area contributed by atoms with Crippen molar-refractivity contribution in [2.75, 3.05) is 17.3 Å². The molecule has 1 aliphatic rings. The maximum atomic E-state index is 13.4. The summed E-state index contributed by atoms with van der Waals surface area (Å²) in [7, 11) is 0. The van der Waals surface area contributed by atoms with Crippen molar-refractivity contribution in [3.63, 3.8) is 0 Å². The molecule has 76 valence electrons. The van der Waals surface area contributed by atoms with Crippen LogP contribution in [0.2, 0.25) is 0 Å². The molecule has 1 aromatic rings. The predicted molar refractivity (Wildman–Crippen MR) is 55.3 cm³/mol. The SMILES string of the molecule is Fc1cccnc1N1CCCC1CCl. The maximum Gasteiger partial charge on any atom is 0.165 e. The fourth-order valence-corrected chi connectivity index (χ4v) is 2.18. The zero-order chi connectivity index (χ0) is 9.97. The van der Waals surface area contributed by atoms with Gasteiger partial charge in [0.15, 0.2) is 11.6 Å². The Morgan fingerprint density at radius 2 is 2.50 bits per heavy atom. The number of aromatic nitrogens is 1. The smallest absolute Gasteiger partial charge is 0.165 e. The van der Waals surface area contributed by atoms with Crippen LogP contribution in [0.1, 0.15) is 12.8 Å². The molecule has 0 spiro atoms. The first kappa shape index (κ1) is 9.71. The summed E-state index contributed by atoms with van der Waals surface area (Å²) in [5, 5.41) is 0. The van der Waals surface area contributed by atoms with Crippen molar-refractivity contribution in [3.05, 3.63) is 24.1 Å². The van der Waals surface area contributed by atoms with Gasteiger partial charge >= 0.3 is 0 Å². The third kappa shape index (κ3) is 1.69. The molecule has 2 rings (SSSR count). The number of rotatable bonds is 2. The van der Waals surface area contributed by atoms with E-state index in [0.29, 0.717) is 11.7 Å². The zero-order valence-corrected chi connectivity index (χ0v) is 8.54. The van der Waals surface area contributed by atoms with E-state index in [1.54, 1.807) is 12.3 Å². The van der Waals surface area contributed by atoms with Gasteiger partial charge in [-0.25, -0.2) is 9.37 Å². The molecule has 2 heterocycles. The van der Waals surface area contributed by atoms with Crippen molar-refractivity contribution in [2.24, 2.45) is 0 Å². The molecule has 1 aromatic heterocycles. The van der Waals surface area contributed by atoms with Crippen LogP contribution in [0.15, 0.2) is 18.3 Å². The molecule has 0 N–H and O–H groups in total. The molecular weight excluding hydrogens is 203 g/mol. The minimum Gasteiger partial charge on any atom is -0.350 e. The topological polar surface area (TPSA) is 16.1 Å². The fraction of sp³-hybridized carbons (Fsp3) is 0.500. The molecule has 0 saturated carbocycles. The van der Waals surface area contributed by atoms with E-state index in [1.807, 2.05) is 4.90 Å². The van der Waals surface area contributed by atoms with Crippen LogP contribution in [0.3, 0.4) is 0 Å². The van der Waals surface area contributed by atoms with Gasteiger partial charge in [0.25, 0.3) is 0 Å². The van der Waals surface area contributed by atoms with Gasteiger partial charge in [0.1, 0.15) is 0 Å². The van der Waals surface area contributed by atoms with Crippen molar-refractivity contribution in [2.45, 2.75) is 18.9 Å². The van der Waals surface area contributed by atoms with Crippen LogP contribution in [-0.2, 0) is 0 Å². The van der Waals surface area contributed by atoms with Crippen molar-refractivity contribution in [1.29, 1.82) is 0 Å². The van der Waals surface area contributed by atoms with Crippen LogP contribution in [0.25, 0.3) is 0 Å². The first-order valence-corrected chi connectivity index (χ1v) is 5.29. The molecule has 0 aliphatic carbocycles. The summed E-state index contributed by atoms with van der Waals surface area (Å²) >= 11 is 5.81. The molecule has 0 radical (unpaired) electrons. The highest BCUT2D eigenvalue weighted by atomic mass is 35.5. The van der Waals surface area contributed by atoms with Crippen LogP contribution in [0, 0.1) is 5.82 Å². The van der Waals surface area contributed by atoms with Gasteiger partial charge in [-0.05, 0) is 25.0 Å². The maximum absolute atomic E-state index is 13.4. The Kier molecular flexibility index (Phi) is 2.87. The van der Waals surface area contributed by atoms with E-state index in [2.05, 4.69) is 4.98 Å². The van der Waals surface area contributed by atoms with Crippen molar-refractivity contribution >= 4 is 17.4 Å². The molecule has 1 fully saturated rings. The first-order chi connectivity index (χ1) is 6.83. The van der Waals surface area contributed by atoms with Gasteiger partial charge in [-0.15, -0.1) is 11.6 Å². The quantitative estimate of drug-likeness (QED) is 0.703. The molecule has 1 atom stereocenters. The summed E-state index contributed by atoms with van der Waals surface area (Å²) in [5.74, 6) is 0.718. The molecule has 0 bridgehead atoms. The van der Waals surface area contributed by atoms with Gasteiger partial charge in [-0.3, -0.25) is 0 Å². The number of pyridine rings is 1. The standard InChI is InChI=1S/C10H12ClFN2/c11-7-8-3-2-6-14(8)10-9(12)4-1-5-13-10/h1,4-5,8H,2-3,6-7H2. The highest BCUT2D eigenvalue weighted by molar-refractivity contribution is 6.18. The fourth-order valence-electron chi connectivity index (χ4n) is 1.86. The minimum atomic E-state index is -0.260. The van der Waals surface area contributed by atoms with E-state index < -0.39 is 0 Å². The van der Waals surface area contributed by atoms with Gasteiger partial charge in [0, 0.05) is 24.7 Å². The Hall–Kier alpha value is -0.830. The highest BCUT2D eigenvalue weighted by Crippen LogP contribution is 2.26. The van der Waals surface area contributed by atoms with Gasteiger partial charge < -0.3 is 4.90 Å². The lowest BCUT2D eigenvalue weighted by molar-refractivity contribution is 0.605. The van der Waals surface area contributed by atoms with Crippen molar-refractivity contribution < 1.29 is 4.39 Å². The van der Waals surface area contributed by atoms with Crippen LogP contribution in [-0.4, -0.2) is 23.5 Å². The summed E-state index contributed by atoms with van der Waals surface area (Å²) < 4.78 is 13.4. The normalized spacial score (nSPS) is 21.6. The largest absolute Gasteiger partial charge is 0.350 e. The Bertz CT molecular complexity index is 319. The second-order valence-corrected chi connectivity index (χ2v) is 3.76. The molecule has 0 amide bonds. The molecule has 0 aromatic carbocycles. The summed E-state index contributed by atoms with van der Waals surface area (Å²) in [6.07, 6.45) is 3.70.